The molecule has 1 aliphatic rings. The van der Waals surface area contributed by atoms with Crippen LogP contribution >= 0.6 is 0 Å². The van der Waals surface area contributed by atoms with Crippen molar-refractivity contribution in [1.82, 2.24) is 0 Å². The minimum Gasteiger partial charge on any atom is -0.497 e. The Balaban J connectivity index is 2.01. The van der Waals surface area contributed by atoms with Crippen molar-refractivity contribution >= 4 is 15.7 Å². The number of ether oxygens (including phenoxy) is 1. The maximum Gasteiger partial charge on any atom is 0.416 e. The molecule has 0 aromatic heterocycles. The molecule has 8 heteroatoms. The van der Waals surface area contributed by atoms with E-state index in [0.717, 1.165) is 37.1 Å². The van der Waals surface area contributed by atoms with Crippen LogP contribution in [0, 0.1) is 5.92 Å². The molecule has 0 saturated heterocycles. The lowest BCUT2D eigenvalue weighted by Crippen LogP contribution is -2.40. The van der Waals surface area contributed by atoms with Crippen LogP contribution in [0.4, 0.5) is 18.9 Å². The van der Waals surface area contributed by atoms with E-state index in [2.05, 4.69) is 0 Å². The van der Waals surface area contributed by atoms with Gasteiger partial charge in [-0.25, -0.2) is 8.42 Å². The summed E-state index contributed by atoms with van der Waals surface area (Å²) in [4.78, 5) is -0.168. The van der Waals surface area contributed by atoms with Crippen LogP contribution in [0.25, 0.3) is 0 Å². The zero-order valence-electron chi connectivity index (χ0n) is 14.9. The number of methoxy groups -OCH3 is 1. The molecule has 0 bridgehead atoms. The van der Waals surface area contributed by atoms with Gasteiger partial charge in [0.1, 0.15) is 5.75 Å². The second-order valence-corrected chi connectivity index (χ2v) is 8.41. The molecule has 1 aliphatic carbocycles. The smallest absolute Gasteiger partial charge is 0.416 e. The summed E-state index contributed by atoms with van der Waals surface area (Å²) >= 11 is 0. The Labute approximate surface area is 156 Å². The van der Waals surface area contributed by atoms with Crippen LogP contribution in [0.15, 0.2) is 53.4 Å². The Morgan fingerprint density at radius 1 is 1.04 bits per heavy atom. The average molecular weight is 399 g/mol. The topological polar surface area (TPSA) is 46.6 Å². The summed E-state index contributed by atoms with van der Waals surface area (Å²) in [6.07, 6.45) is -2.66. The van der Waals surface area contributed by atoms with Crippen LogP contribution in [0.5, 0.6) is 5.75 Å². The van der Waals surface area contributed by atoms with Gasteiger partial charge >= 0.3 is 6.18 Å². The number of anilines is 1. The number of hydrogen-bond donors (Lipinski definition) is 0. The van der Waals surface area contributed by atoms with Crippen LogP contribution in [0.1, 0.15) is 25.3 Å². The van der Waals surface area contributed by atoms with Gasteiger partial charge < -0.3 is 4.74 Å². The van der Waals surface area contributed by atoms with Gasteiger partial charge in [0, 0.05) is 6.04 Å². The predicted molar refractivity (Wildman–Crippen MR) is 96.3 cm³/mol. The highest BCUT2D eigenvalue weighted by molar-refractivity contribution is 7.92. The fraction of sp³-hybridized carbons (Fsp3) is 0.368. The van der Waals surface area contributed by atoms with E-state index in [1.807, 2.05) is 6.92 Å². The fourth-order valence-corrected chi connectivity index (χ4v) is 4.74. The van der Waals surface area contributed by atoms with Crippen LogP contribution < -0.4 is 9.04 Å². The van der Waals surface area contributed by atoms with E-state index < -0.39 is 21.8 Å². The first-order valence-electron chi connectivity index (χ1n) is 8.50. The van der Waals surface area contributed by atoms with Crippen molar-refractivity contribution in [2.45, 2.75) is 36.9 Å². The van der Waals surface area contributed by atoms with Crippen molar-refractivity contribution in [3.05, 3.63) is 54.1 Å². The zero-order chi connectivity index (χ0) is 19.8. The summed E-state index contributed by atoms with van der Waals surface area (Å²) in [5.41, 5.74) is -0.428. The molecule has 0 N–H and O–H groups in total. The van der Waals surface area contributed by atoms with E-state index in [0.29, 0.717) is 11.4 Å². The first kappa shape index (κ1) is 19.5. The molecule has 2 aromatic carbocycles. The van der Waals surface area contributed by atoms with Crippen molar-refractivity contribution < 1.29 is 26.3 Å². The fourth-order valence-electron chi connectivity index (χ4n) is 3.02. The molecule has 4 nitrogen and oxygen atoms in total. The minimum atomic E-state index is -4.51. The van der Waals surface area contributed by atoms with Crippen LogP contribution in [0.2, 0.25) is 0 Å². The molecule has 2 aromatic rings. The van der Waals surface area contributed by atoms with E-state index in [1.165, 1.54) is 11.4 Å². The van der Waals surface area contributed by atoms with Gasteiger partial charge in [-0.1, -0.05) is 0 Å². The number of rotatable bonds is 6. The highest BCUT2D eigenvalue weighted by Crippen LogP contribution is 2.40. The molecular weight excluding hydrogens is 379 g/mol. The lowest BCUT2D eigenvalue weighted by molar-refractivity contribution is -0.137. The Morgan fingerprint density at radius 3 is 2.04 bits per heavy atom. The number of alkyl halides is 3. The van der Waals surface area contributed by atoms with Gasteiger partial charge in [-0.2, -0.15) is 13.2 Å². The summed E-state index contributed by atoms with van der Waals surface area (Å²) in [7, 11) is -2.50. The first-order chi connectivity index (χ1) is 12.6. The van der Waals surface area contributed by atoms with Gasteiger partial charge in [0.05, 0.1) is 23.3 Å². The molecule has 0 spiro atoms. The minimum absolute atomic E-state index is 0.168. The molecule has 3 rings (SSSR count). The number of hydrogen-bond acceptors (Lipinski definition) is 3. The highest BCUT2D eigenvalue weighted by atomic mass is 32.2. The lowest BCUT2D eigenvalue weighted by atomic mass is 10.2. The Hall–Kier alpha value is -2.22. The summed E-state index contributed by atoms with van der Waals surface area (Å²) in [6, 6.07) is 9.89. The lowest BCUT2D eigenvalue weighted by Gasteiger charge is -2.31. The van der Waals surface area contributed by atoms with Crippen molar-refractivity contribution in [1.29, 1.82) is 0 Å². The third-order valence-electron chi connectivity index (χ3n) is 4.74. The molecule has 1 atom stereocenters. The molecule has 27 heavy (non-hydrogen) atoms. The second-order valence-electron chi connectivity index (χ2n) is 6.60. The summed E-state index contributed by atoms with van der Waals surface area (Å²) in [6.45, 7) is 1.82. The van der Waals surface area contributed by atoms with Gasteiger partial charge in [-0.05, 0) is 74.2 Å². The number of nitrogens with zero attached hydrogens (tertiary/aromatic N) is 1. The molecule has 0 aliphatic heterocycles. The normalized spacial score (nSPS) is 16.0. The van der Waals surface area contributed by atoms with Crippen molar-refractivity contribution in [3.63, 3.8) is 0 Å². The molecule has 1 fully saturated rings. The van der Waals surface area contributed by atoms with Crippen LogP contribution in [-0.2, 0) is 16.2 Å². The number of halogens is 3. The maximum absolute atomic E-state index is 13.2. The Bertz CT molecular complexity index is 889. The quantitative estimate of drug-likeness (QED) is 0.707. The summed E-state index contributed by atoms with van der Waals surface area (Å²) < 4.78 is 71.2. The molecule has 0 radical (unpaired) electrons. The van der Waals surface area contributed by atoms with Crippen LogP contribution in [0.3, 0.4) is 0 Å². The maximum atomic E-state index is 13.2. The van der Waals surface area contributed by atoms with E-state index in [-0.39, 0.29) is 16.9 Å². The molecule has 0 heterocycles. The third-order valence-corrected chi connectivity index (χ3v) is 6.67. The average Bonchev–Trinajstić information content (AvgIpc) is 3.47. The monoisotopic (exact) mass is 399 g/mol. The van der Waals surface area contributed by atoms with Gasteiger partial charge in [0.25, 0.3) is 10.0 Å². The number of benzene rings is 2. The largest absolute Gasteiger partial charge is 0.497 e. The molecule has 146 valence electrons. The van der Waals surface area contributed by atoms with E-state index in [9.17, 15) is 21.6 Å². The molecule has 0 amide bonds. The van der Waals surface area contributed by atoms with Crippen molar-refractivity contribution in [3.8, 4) is 5.75 Å². The standard InChI is InChI=1S/C19H20F3NO3S/c1-13(14-3-4-14)23(16-7-9-17(26-2)10-8-16)27(24,25)18-11-5-15(6-12-18)19(20,21)22/h5-14H,3-4H2,1-2H3. The van der Waals surface area contributed by atoms with Crippen molar-refractivity contribution in [2.24, 2.45) is 5.92 Å². The summed E-state index contributed by atoms with van der Waals surface area (Å²) in [5, 5.41) is 0. The van der Waals surface area contributed by atoms with E-state index in [1.54, 1.807) is 24.3 Å². The Morgan fingerprint density at radius 2 is 1.59 bits per heavy atom. The molecule has 1 saturated carbocycles. The van der Waals surface area contributed by atoms with Crippen LogP contribution in [-0.4, -0.2) is 21.6 Å². The van der Waals surface area contributed by atoms with Gasteiger partial charge in [0.2, 0.25) is 0 Å². The second kappa shape index (κ2) is 7.07. The predicted octanol–water partition coefficient (Wildman–Crippen LogP) is 4.71. The summed E-state index contributed by atoms with van der Waals surface area (Å²) in [5.74, 6) is 0.820. The first-order valence-corrected chi connectivity index (χ1v) is 9.94. The SMILES string of the molecule is COc1ccc(N(C(C)C2CC2)S(=O)(=O)c2ccc(C(F)(F)F)cc2)cc1. The van der Waals surface area contributed by atoms with E-state index in [4.69, 9.17) is 4.74 Å². The van der Waals surface area contributed by atoms with Gasteiger partial charge in [0.15, 0.2) is 0 Å². The highest BCUT2D eigenvalue weighted by Gasteiger charge is 2.39. The molecular formula is C19H20F3NO3S. The molecule has 1 unspecified atom stereocenters. The third kappa shape index (κ3) is 4.05. The van der Waals surface area contributed by atoms with Crippen molar-refractivity contribution in [2.75, 3.05) is 11.4 Å². The van der Waals surface area contributed by atoms with Gasteiger partial charge in [-0.15, -0.1) is 0 Å². The van der Waals surface area contributed by atoms with E-state index >= 15 is 0 Å². The zero-order valence-corrected chi connectivity index (χ0v) is 15.7. The number of sulfonamides is 1. The Kier molecular flexibility index (Phi) is 5.12. The van der Waals surface area contributed by atoms with Gasteiger partial charge in [-0.3, -0.25) is 4.31 Å².